The van der Waals surface area contributed by atoms with E-state index >= 15 is 0 Å². The van der Waals surface area contributed by atoms with Crippen molar-refractivity contribution >= 4 is 33.3 Å². The number of benzene rings is 1. The highest BCUT2D eigenvalue weighted by Crippen LogP contribution is 2.41. The zero-order valence-corrected chi connectivity index (χ0v) is 21.1. The van der Waals surface area contributed by atoms with Crippen LogP contribution in [-0.2, 0) is 12.8 Å². The van der Waals surface area contributed by atoms with Crippen molar-refractivity contribution in [3.8, 4) is 0 Å². The number of carbonyl (C=O) groups is 1. The molecule has 2 aliphatic carbocycles. The van der Waals surface area contributed by atoms with Gasteiger partial charge in [0.05, 0.1) is 5.39 Å². The van der Waals surface area contributed by atoms with Crippen LogP contribution in [-0.4, -0.2) is 47.0 Å². The molecule has 3 heterocycles. The summed E-state index contributed by atoms with van der Waals surface area (Å²) in [6.45, 7) is 2.81. The number of halogens is 1. The predicted molar refractivity (Wildman–Crippen MR) is 139 cm³/mol. The third-order valence-electron chi connectivity index (χ3n) is 7.99. The van der Waals surface area contributed by atoms with Gasteiger partial charge in [-0.2, -0.15) is 0 Å². The highest BCUT2D eigenvalue weighted by molar-refractivity contribution is 7.19. The van der Waals surface area contributed by atoms with Crippen molar-refractivity contribution in [2.24, 2.45) is 0 Å². The normalized spacial score (nSPS) is 19.6. The Morgan fingerprint density at radius 3 is 2.37 bits per heavy atom. The average Bonchev–Trinajstić information content (AvgIpc) is 3.09. The summed E-state index contributed by atoms with van der Waals surface area (Å²) < 4.78 is 13.3. The molecule has 6 rings (SSSR count). The number of hydrogen-bond acceptors (Lipinski definition) is 5. The second-order valence-corrected chi connectivity index (χ2v) is 11.4. The summed E-state index contributed by atoms with van der Waals surface area (Å²) >= 11 is 1.90. The van der Waals surface area contributed by atoms with Crippen LogP contribution in [0.4, 0.5) is 10.2 Å². The van der Waals surface area contributed by atoms with Gasteiger partial charge in [0.2, 0.25) is 0 Å². The average molecular weight is 493 g/mol. The lowest BCUT2D eigenvalue weighted by molar-refractivity contribution is 0.0746. The van der Waals surface area contributed by atoms with Gasteiger partial charge in [0.15, 0.2) is 0 Å². The fraction of sp³-hybridized carbons (Fsp3) is 0.536. The first kappa shape index (κ1) is 22.9. The van der Waals surface area contributed by atoms with E-state index in [1.165, 1.54) is 84.2 Å². The van der Waals surface area contributed by atoms with Gasteiger partial charge in [0, 0.05) is 42.5 Å². The Hall–Kier alpha value is -2.54. The van der Waals surface area contributed by atoms with Gasteiger partial charge in [-0.25, -0.2) is 14.4 Å². The standard InChI is InChI=1S/C28H33FN4OS/c29-21-13-11-20(12-14-21)28(34)33-17-15-32(16-18-33)26-24-22-9-5-2-6-10-23(22)35-27(24)31-25(30-26)19-7-3-1-4-8-19/h11-14,19H,1-10,15-18H2. The van der Waals surface area contributed by atoms with Crippen LogP contribution in [0.15, 0.2) is 24.3 Å². The van der Waals surface area contributed by atoms with Crippen molar-refractivity contribution in [2.45, 2.75) is 70.1 Å². The Kier molecular flexibility index (Phi) is 6.44. The molecule has 1 aromatic carbocycles. The minimum Gasteiger partial charge on any atom is -0.352 e. The van der Waals surface area contributed by atoms with Crippen LogP contribution in [0.5, 0.6) is 0 Å². The SMILES string of the molecule is O=C(c1ccc(F)cc1)N1CCN(c2nc(C3CCCCC3)nc3sc4c(c23)CCCCC4)CC1. The number of carbonyl (C=O) groups excluding carboxylic acids is 1. The maximum Gasteiger partial charge on any atom is 0.253 e. The van der Waals surface area contributed by atoms with E-state index in [1.54, 1.807) is 12.1 Å². The minimum atomic E-state index is -0.317. The smallest absolute Gasteiger partial charge is 0.253 e. The molecule has 1 amide bonds. The van der Waals surface area contributed by atoms with Gasteiger partial charge >= 0.3 is 0 Å². The summed E-state index contributed by atoms with van der Waals surface area (Å²) in [7, 11) is 0. The van der Waals surface area contributed by atoms with E-state index in [9.17, 15) is 9.18 Å². The number of piperazine rings is 1. The summed E-state index contributed by atoms with van der Waals surface area (Å²) in [6.07, 6.45) is 12.3. The van der Waals surface area contributed by atoms with Crippen molar-refractivity contribution in [3.05, 3.63) is 51.9 Å². The summed E-state index contributed by atoms with van der Waals surface area (Å²) in [4.78, 5) is 30.4. The van der Waals surface area contributed by atoms with Crippen LogP contribution >= 0.6 is 11.3 Å². The molecule has 5 nitrogen and oxygen atoms in total. The van der Waals surface area contributed by atoms with Gasteiger partial charge in [0.25, 0.3) is 5.91 Å². The van der Waals surface area contributed by atoms with E-state index in [0.717, 1.165) is 37.6 Å². The zero-order chi connectivity index (χ0) is 23.8. The number of hydrogen-bond donors (Lipinski definition) is 0. The van der Waals surface area contributed by atoms with Crippen LogP contribution in [0, 0.1) is 5.82 Å². The monoisotopic (exact) mass is 492 g/mol. The highest BCUT2D eigenvalue weighted by Gasteiger charge is 2.29. The lowest BCUT2D eigenvalue weighted by atomic mass is 9.88. The number of anilines is 1. The van der Waals surface area contributed by atoms with Gasteiger partial charge < -0.3 is 9.80 Å². The molecule has 7 heteroatoms. The maximum absolute atomic E-state index is 13.3. The van der Waals surface area contributed by atoms with Crippen LogP contribution in [0.25, 0.3) is 10.2 Å². The molecular formula is C28H33FN4OS. The van der Waals surface area contributed by atoms with Crippen molar-refractivity contribution in [3.63, 3.8) is 0 Å². The fourth-order valence-corrected chi connectivity index (χ4v) is 7.26. The van der Waals surface area contributed by atoms with E-state index < -0.39 is 0 Å². The molecule has 3 aromatic rings. The first-order valence-electron chi connectivity index (χ1n) is 13.3. The predicted octanol–water partition coefficient (Wildman–Crippen LogP) is 6.11. The van der Waals surface area contributed by atoms with Crippen LogP contribution in [0.3, 0.4) is 0 Å². The van der Waals surface area contributed by atoms with Crippen molar-refractivity contribution in [2.75, 3.05) is 31.1 Å². The Balaban J connectivity index is 1.31. The quantitative estimate of drug-likeness (QED) is 0.414. The molecule has 1 saturated carbocycles. The highest BCUT2D eigenvalue weighted by atomic mass is 32.1. The van der Waals surface area contributed by atoms with E-state index in [2.05, 4.69) is 4.90 Å². The maximum atomic E-state index is 13.3. The van der Waals surface area contributed by atoms with Crippen molar-refractivity contribution in [1.29, 1.82) is 0 Å². The van der Waals surface area contributed by atoms with E-state index in [-0.39, 0.29) is 11.7 Å². The molecular weight excluding hydrogens is 459 g/mol. The first-order chi connectivity index (χ1) is 17.2. The lowest BCUT2D eigenvalue weighted by Crippen LogP contribution is -2.49. The topological polar surface area (TPSA) is 49.3 Å². The van der Waals surface area contributed by atoms with Crippen molar-refractivity contribution in [1.82, 2.24) is 14.9 Å². The van der Waals surface area contributed by atoms with Crippen LogP contribution in [0.2, 0.25) is 0 Å². The number of aryl methyl sites for hydroxylation is 2. The van der Waals surface area contributed by atoms with Gasteiger partial charge in [-0.05, 0) is 68.4 Å². The molecule has 184 valence electrons. The third-order valence-corrected chi connectivity index (χ3v) is 9.18. The summed E-state index contributed by atoms with van der Waals surface area (Å²) in [6, 6.07) is 5.87. The third kappa shape index (κ3) is 4.55. The number of amides is 1. The fourth-order valence-electron chi connectivity index (χ4n) is 6.00. The largest absolute Gasteiger partial charge is 0.352 e. The first-order valence-corrected chi connectivity index (χ1v) is 14.1. The van der Waals surface area contributed by atoms with E-state index in [1.807, 2.05) is 16.2 Å². The molecule has 0 radical (unpaired) electrons. The molecule has 2 aromatic heterocycles. The summed E-state index contributed by atoms with van der Waals surface area (Å²) in [5.41, 5.74) is 2.03. The molecule has 3 aliphatic rings. The van der Waals surface area contributed by atoms with Crippen LogP contribution < -0.4 is 4.90 Å². The molecule has 2 fully saturated rings. The second-order valence-electron chi connectivity index (χ2n) is 10.3. The number of aromatic nitrogens is 2. The molecule has 0 N–H and O–H groups in total. The number of fused-ring (bicyclic) bond motifs is 3. The molecule has 1 saturated heterocycles. The molecule has 0 bridgehead atoms. The number of thiophene rings is 1. The Morgan fingerprint density at radius 1 is 0.886 bits per heavy atom. The second kappa shape index (κ2) is 9.84. The summed E-state index contributed by atoms with van der Waals surface area (Å²) in [5.74, 6) is 2.26. The minimum absolute atomic E-state index is 0.0234. The Labute approximate surface area is 210 Å². The van der Waals surface area contributed by atoms with E-state index in [4.69, 9.17) is 9.97 Å². The zero-order valence-electron chi connectivity index (χ0n) is 20.3. The lowest BCUT2D eigenvalue weighted by Gasteiger charge is -2.36. The van der Waals surface area contributed by atoms with Gasteiger partial charge in [-0.15, -0.1) is 11.3 Å². The molecule has 35 heavy (non-hydrogen) atoms. The van der Waals surface area contributed by atoms with Crippen LogP contribution in [0.1, 0.15) is 83.9 Å². The number of rotatable bonds is 3. The van der Waals surface area contributed by atoms with Gasteiger partial charge in [-0.3, -0.25) is 4.79 Å². The molecule has 0 spiro atoms. The van der Waals surface area contributed by atoms with Gasteiger partial charge in [-0.1, -0.05) is 25.7 Å². The van der Waals surface area contributed by atoms with Crippen molar-refractivity contribution < 1.29 is 9.18 Å². The van der Waals surface area contributed by atoms with E-state index in [0.29, 0.717) is 24.6 Å². The molecule has 1 aliphatic heterocycles. The number of nitrogens with zero attached hydrogens (tertiary/aromatic N) is 4. The Bertz CT molecular complexity index is 1210. The summed E-state index contributed by atoms with van der Waals surface area (Å²) in [5, 5.41) is 1.28. The molecule has 0 atom stereocenters. The Morgan fingerprint density at radius 2 is 1.60 bits per heavy atom. The molecule has 0 unspecified atom stereocenters. The van der Waals surface area contributed by atoms with Gasteiger partial charge in [0.1, 0.15) is 22.3 Å².